The van der Waals surface area contributed by atoms with E-state index in [1.54, 1.807) is 12.1 Å². The zero-order valence-electron chi connectivity index (χ0n) is 13.8. The standard InChI is InChI=1S/C19H23FN2O2/c1-2-17(13-23)22-19(24)11-14-5-9-18(10-6-14)21-12-15-3-7-16(20)8-4-15/h3-10,17,21,23H,2,11-13H2,1H3,(H,22,24). The first-order valence-electron chi connectivity index (χ1n) is 8.08. The minimum Gasteiger partial charge on any atom is -0.394 e. The summed E-state index contributed by atoms with van der Waals surface area (Å²) in [6.45, 7) is 2.48. The van der Waals surface area contributed by atoms with Gasteiger partial charge in [0.2, 0.25) is 5.91 Å². The van der Waals surface area contributed by atoms with Crippen LogP contribution in [0.1, 0.15) is 24.5 Å². The van der Waals surface area contributed by atoms with Gasteiger partial charge in [-0.15, -0.1) is 0 Å². The van der Waals surface area contributed by atoms with Gasteiger partial charge in [-0.3, -0.25) is 4.79 Å². The van der Waals surface area contributed by atoms with Crippen molar-refractivity contribution in [1.29, 1.82) is 0 Å². The highest BCUT2D eigenvalue weighted by Gasteiger charge is 2.09. The Labute approximate surface area is 141 Å². The van der Waals surface area contributed by atoms with Crippen molar-refractivity contribution in [2.75, 3.05) is 11.9 Å². The number of amides is 1. The van der Waals surface area contributed by atoms with E-state index in [0.717, 1.165) is 16.8 Å². The molecule has 1 atom stereocenters. The van der Waals surface area contributed by atoms with Crippen LogP contribution in [0, 0.1) is 5.82 Å². The maximum absolute atomic E-state index is 12.9. The van der Waals surface area contributed by atoms with E-state index in [9.17, 15) is 9.18 Å². The van der Waals surface area contributed by atoms with Gasteiger partial charge in [0, 0.05) is 12.2 Å². The first-order valence-corrected chi connectivity index (χ1v) is 8.08. The zero-order valence-corrected chi connectivity index (χ0v) is 13.8. The van der Waals surface area contributed by atoms with E-state index in [1.807, 2.05) is 31.2 Å². The number of anilines is 1. The smallest absolute Gasteiger partial charge is 0.224 e. The summed E-state index contributed by atoms with van der Waals surface area (Å²) in [6, 6.07) is 13.8. The molecule has 3 N–H and O–H groups in total. The molecule has 24 heavy (non-hydrogen) atoms. The van der Waals surface area contributed by atoms with E-state index >= 15 is 0 Å². The fraction of sp³-hybridized carbons (Fsp3) is 0.316. The molecule has 2 rings (SSSR count). The highest BCUT2D eigenvalue weighted by Crippen LogP contribution is 2.12. The van der Waals surface area contributed by atoms with Crippen LogP contribution in [0.2, 0.25) is 0 Å². The second-order valence-corrected chi connectivity index (χ2v) is 5.71. The third-order valence-electron chi connectivity index (χ3n) is 3.81. The maximum atomic E-state index is 12.9. The summed E-state index contributed by atoms with van der Waals surface area (Å²) < 4.78 is 12.9. The fourth-order valence-corrected chi connectivity index (χ4v) is 2.29. The quantitative estimate of drug-likeness (QED) is 0.697. The topological polar surface area (TPSA) is 61.4 Å². The van der Waals surface area contributed by atoms with E-state index < -0.39 is 0 Å². The molecular formula is C19H23FN2O2. The van der Waals surface area contributed by atoms with Gasteiger partial charge in [0.1, 0.15) is 5.82 Å². The van der Waals surface area contributed by atoms with Crippen molar-refractivity contribution in [3.8, 4) is 0 Å². The summed E-state index contributed by atoms with van der Waals surface area (Å²) >= 11 is 0. The van der Waals surface area contributed by atoms with Crippen LogP contribution < -0.4 is 10.6 Å². The van der Waals surface area contributed by atoms with Crippen LogP contribution in [-0.4, -0.2) is 23.7 Å². The molecule has 2 aromatic rings. The molecule has 0 bridgehead atoms. The third kappa shape index (κ3) is 5.66. The summed E-state index contributed by atoms with van der Waals surface area (Å²) in [5.41, 5.74) is 2.84. The van der Waals surface area contributed by atoms with Crippen molar-refractivity contribution < 1.29 is 14.3 Å². The minimum atomic E-state index is -0.243. The number of hydrogen-bond donors (Lipinski definition) is 3. The number of hydrogen-bond acceptors (Lipinski definition) is 3. The normalized spacial score (nSPS) is 11.8. The first-order chi connectivity index (χ1) is 11.6. The number of aliphatic hydroxyl groups is 1. The van der Waals surface area contributed by atoms with Gasteiger partial charge in [0.05, 0.1) is 19.1 Å². The molecule has 0 aliphatic heterocycles. The van der Waals surface area contributed by atoms with E-state index in [0.29, 0.717) is 13.0 Å². The van der Waals surface area contributed by atoms with Crippen LogP contribution in [0.4, 0.5) is 10.1 Å². The number of rotatable bonds is 8. The van der Waals surface area contributed by atoms with Crippen LogP contribution in [0.3, 0.4) is 0 Å². The van der Waals surface area contributed by atoms with Gasteiger partial charge < -0.3 is 15.7 Å². The monoisotopic (exact) mass is 330 g/mol. The molecule has 5 heteroatoms. The molecule has 2 aromatic carbocycles. The molecule has 0 aliphatic carbocycles. The van der Waals surface area contributed by atoms with Gasteiger partial charge >= 0.3 is 0 Å². The van der Waals surface area contributed by atoms with Gasteiger partial charge in [-0.1, -0.05) is 31.2 Å². The van der Waals surface area contributed by atoms with Crippen molar-refractivity contribution in [2.24, 2.45) is 0 Å². The SMILES string of the molecule is CCC(CO)NC(=O)Cc1ccc(NCc2ccc(F)cc2)cc1. The molecule has 0 aromatic heterocycles. The number of halogens is 1. The molecule has 0 saturated carbocycles. The van der Waals surface area contributed by atoms with Crippen molar-refractivity contribution in [3.63, 3.8) is 0 Å². The molecule has 128 valence electrons. The van der Waals surface area contributed by atoms with Crippen molar-refractivity contribution in [3.05, 3.63) is 65.5 Å². The van der Waals surface area contributed by atoms with E-state index in [4.69, 9.17) is 5.11 Å². The maximum Gasteiger partial charge on any atom is 0.224 e. The van der Waals surface area contributed by atoms with Gasteiger partial charge in [0.15, 0.2) is 0 Å². The van der Waals surface area contributed by atoms with Gasteiger partial charge in [0.25, 0.3) is 0 Å². The molecule has 0 radical (unpaired) electrons. The number of carbonyl (C=O) groups is 1. The molecule has 0 heterocycles. The Morgan fingerprint density at radius 2 is 1.71 bits per heavy atom. The predicted octanol–water partition coefficient (Wildman–Crippen LogP) is 2.87. The lowest BCUT2D eigenvalue weighted by atomic mass is 10.1. The third-order valence-corrected chi connectivity index (χ3v) is 3.81. The Morgan fingerprint density at radius 3 is 2.29 bits per heavy atom. The summed E-state index contributed by atoms with van der Waals surface area (Å²) in [6.07, 6.45) is 0.989. The van der Waals surface area contributed by atoms with Crippen LogP contribution >= 0.6 is 0 Å². The number of carbonyl (C=O) groups excluding carboxylic acids is 1. The Morgan fingerprint density at radius 1 is 1.08 bits per heavy atom. The van der Waals surface area contributed by atoms with Crippen molar-refractivity contribution in [2.45, 2.75) is 32.4 Å². The van der Waals surface area contributed by atoms with Crippen LogP contribution in [-0.2, 0) is 17.8 Å². The fourth-order valence-electron chi connectivity index (χ4n) is 2.29. The lowest BCUT2D eigenvalue weighted by Crippen LogP contribution is -2.37. The predicted molar refractivity (Wildman–Crippen MR) is 93.2 cm³/mol. The molecule has 0 fully saturated rings. The minimum absolute atomic E-state index is 0.0471. The number of benzene rings is 2. The van der Waals surface area contributed by atoms with Crippen molar-refractivity contribution in [1.82, 2.24) is 5.32 Å². The molecule has 1 unspecified atom stereocenters. The molecule has 0 saturated heterocycles. The second kappa shape index (κ2) is 9.03. The number of nitrogens with one attached hydrogen (secondary N) is 2. The van der Waals surface area contributed by atoms with Gasteiger partial charge in [-0.05, 0) is 41.8 Å². The average molecular weight is 330 g/mol. The molecule has 0 aliphatic rings. The van der Waals surface area contributed by atoms with E-state index in [-0.39, 0.29) is 30.8 Å². The lowest BCUT2D eigenvalue weighted by Gasteiger charge is -2.14. The summed E-state index contributed by atoms with van der Waals surface area (Å²) in [4.78, 5) is 11.9. The van der Waals surface area contributed by atoms with Gasteiger partial charge in [-0.25, -0.2) is 4.39 Å². The molecular weight excluding hydrogens is 307 g/mol. The number of aliphatic hydroxyl groups excluding tert-OH is 1. The average Bonchev–Trinajstić information content (AvgIpc) is 2.60. The Balaban J connectivity index is 1.84. The highest BCUT2D eigenvalue weighted by molar-refractivity contribution is 5.79. The highest BCUT2D eigenvalue weighted by atomic mass is 19.1. The largest absolute Gasteiger partial charge is 0.394 e. The Kier molecular flexibility index (Phi) is 6.75. The summed E-state index contributed by atoms with van der Waals surface area (Å²) in [5.74, 6) is -0.337. The summed E-state index contributed by atoms with van der Waals surface area (Å²) in [5, 5.41) is 15.2. The molecule has 0 spiro atoms. The van der Waals surface area contributed by atoms with E-state index in [1.165, 1.54) is 12.1 Å². The zero-order chi connectivity index (χ0) is 17.4. The first kappa shape index (κ1) is 17.9. The van der Waals surface area contributed by atoms with Crippen LogP contribution in [0.25, 0.3) is 0 Å². The second-order valence-electron chi connectivity index (χ2n) is 5.71. The molecule has 1 amide bonds. The molecule has 4 nitrogen and oxygen atoms in total. The Hall–Kier alpha value is -2.40. The summed E-state index contributed by atoms with van der Waals surface area (Å²) in [7, 11) is 0. The van der Waals surface area contributed by atoms with Crippen LogP contribution in [0.15, 0.2) is 48.5 Å². The van der Waals surface area contributed by atoms with Crippen LogP contribution in [0.5, 0.6) is 0 Å². The Bertz CT molecular complexity index is 637. The lowest BCUT2D eigenvalue weighted by molar-refractivity contribution is -0.121. The van der Waals surface area contributed by atoms with E-state index in [2.05, 4.69) is 10.6 Å². The van der Waals surface area contributed by atoms with Gasteiger partial charge in [-0.2, -0.15) is 0 Å². The van der Waals surface area contributed by atoms with Crippen molar-refractivity contribution >= 4 is 11.6 Å².